The minimum absolute atomic E-state index is 0.0854. The van der Waals surface area contributed by atoms with Crippen molar-refractivity contribution in [3.05, 3.63) is 52.6 Å². The molecule has 9 heteroatoms. The molecule has 0 saturated carbocycles. The highest BCUT2D eigenvalue weighted by Gasteiger charge is 2.64. The van der Waals surface area contributed by atoms with E-state index < -0.39 is 28.7 Å². The van der Waals surface area contributed by atoms with Gasteiger partial charge in [-0.3, -0.25) is 19.3 Å². The number of Topliss-reactive ketones (excluding diaryl/α,β-unsaturated/α-hetero) is 1. The molecule has 36 heavy (non-hydrogen) atoms. The van der Waals surface area contributed by atoms with Crippen LogP contribution in [-0.4, -0.2) is 43.4 Å². The number of anilines is 1. The van der Waals surface area contributed by atoms with Gasteiger partial charge in [0.05, 0.1) is 18.8 Å². The van der Waals surface area contributed by atoms with Crippen molar-refractivity contribution in [3.63, 3.8) is 0 Å². The number of nitrogens with zero attached hydrogens (tertiary/aromatic N) is 1. The molecule has 1 amide bonds. The van der Waals surface area contributed by atoms with E-state index in [0.717, 1.165) is 6.42 Å². The Morgan fingerprint density at radius 2 is 1.83 bits per heavy atom. The zero-order chi connectivity index (χ0) is 26.3. The number of ketones is 1. The maximum Gasteiger partial charge on any atom is 0.341 e. The van der Waals surface area contributed by atoms with Gasteiger partial charge in [0.15, 0.2) is 5.78 Å². The third-order valence-electron chi connectivity index (χ3n) is 6.76. The van der Waals surface area contributed by atoms with Crippen LogP contribution in [0.4, 0.5) is 5.69 Å². The molecule has 4 rings (SSSR count). The molecule has 1 aromatic carbocycles. The van der Waals surface area contributed by atoms with Crippen molar-refractivity contribution >= 4 is 29.3 Å². The first-order valence-corrected chi connectivity index (χ1v) is 12.3. The molecule has 0 unspecified atom stereocenters. The third-order valence-corrected chi connectivity index (χ3v) is 6.76. The Hall–Kier alpha value is -3.62. The molecule has 0 aromatic heterocycles. The number of unbranched alkanes of at least 4 members (excludes halogenated alkanes) is 1. The molecule has 192 valence electrons. The molecule has 3 aliphatic rings. The van der Waals surface area contributed by atoms with Crippen LogP contribution in [0.3, 0.4) is 0 Å². The van der Waals surface area contributed by atoms with Crippen molar-refractivity contribution in [2.45, 2.75) is 58.8 Å². The summed E-state index contributed by atoms with van der Waals surface area (Å²) in [6.07, 6.45) is 1.92. The van der Waals surface area contributed by atoms with Crippen LogP contribution in [0.5, 0.6) is 0 Å². The molecule has 0 fully saturated rings. The summed E-state index contributed by atoms with van der Waals surface area (Å²) < 4.78 is 16.5. The fourth-order valence-corrected chi connectivity index (χ4v) is 5.33. The Bertz CT molecular complexity index is 1200. The van der Waals surface area contributed by atoms with E-state index in [2.05, 4.69) is 0 Å². The van der Waals surface area contributed by atoms with E-state index in [-0.39, 0.29) is 54.8 Å². The number of para-hydroxylation sites is 1. The lowest BCUT2D eigenvalue weighted by molar-refractivity contribution is -0.142. The van der Waals surface area contributed by atoms with Gasteiger partial charge in [-0.25, -0.2) is 4.79 Å². The summed E-state index contributed by atoms with van der Waals surface area (Å²) >= 11 is 0. The van der Waals surface area contributed by atoms with Crippen LogP contribution < -0.4 is 10.6 Å². The summed E-state index contributed by atoms with van der Waals surface area (Å²) in [6.45, 7) is 7.37. The Kier molecular flexibility index (Phi) is 6.68. The number of nitrogens with two attached hydrogens (primary N) is 1. The molecule has 9 nitrogen and oxygen atoms in total. The second-order valence-corrected chi connectivity index (χ2v) is 10.0. The van der Waals surface area contributed by atoms with Gasteiger partial charge in [0.2, 0.25) is 11.8 Å². The van der Waals surface area contributed by atoms with Crippen molar-refractivity contribution in [1.29, 1.82) is 0 Å². The number of fused-ring (bicyclic) bond motifs is 3. The van der Waals surface area contributed by atoms with Gasteiger partial charge in [-0.1, -0.05) is 45.4 Å². The zero-order valence-electron chi connectivity index (χ0n) is 21.1. The normalized spacial score (nSPS) is 22.4. The fourth-order valence-electron chi connectivity index (χ4n) is 5.33. The molecule has 1 spiro atoms. The molecule has 2 N–H and O–H groups in total. The van der Waals surface area contributed by atoms with Gasteiger partial charge < -0.3 is 19.9 Å². The first-order valence-electron chi connectivity index (χ1n) is 12.3. The number of hydrogen-bond acceptors (Lipinski definition) is 8. The Balaban J connectivity index is 1.97. The number of benzene rings is 1. The van der Waals surface area contributed by atoms with Gasteiger partial charge in [-0.05, 0) is 24.8 Å². The van der Waals surface area contributed by atoms with E-state index in [1.54, 1.807) is 31.2 Å². The number of ether oxygens (including phenoxy) is 3. The summed E-state index contributed by atoms with van der Waals surface area (Å²) in [5.74, 6) is -2.40. The minimum atomic E-state index is -1.88. The molecule has 1 aliphatic carbocycles. The number of hydrogen-bond donors (Lipinski definition) is 1. The van der Waals surface area contributed by atoms with E-state index in [0.29, 0.717) is 24.1 Å². The molecule has 0 bridgehead atoms. The highest BCUT2D eigenvalue weighted by Crippen LogP contribution is 2.57. The molecule has 0 saturated heterocycles. The summed E-state index contributed by atoms with van der Waals surface area (Å²) in [5.41, 5.74) is 4.67. The van der Waals surface area contributed by atoms with Crippen LogP contribution in [0.2, 0.25) is 0 Å². The second kappa shape index (κ2) is 9.44. The molecule has 2 aliphatic heterocycles. The maximum atomic E-state index is 14.4. The van der Waals surface area contributed by atoms with Crippen LogP contribution in [0.15, 0.2) is 47.1 Å². The molecule has 2 heterocycles. The van der Waals surface area contributed by atoms with Crippen LogP contribution in [0, 0.1) is 5.41 Å². The average molecular weight is 497 g/mol. The lowest BCUT2D eigenvalue weighted by Gasteiger charge is -2.42. The fraction of sp³-hybridized carbons (Fsp3) is 0.481. The highest BCUT2D eigenvalue weighted by molar-refractivity contribution is 6.24. The van der Waals surface area contributed by atoms with Crippen LogP contribution in [-0.2, 0) is 38.8 Å². The number of carbonyl (C=O) groups excluding carboxylic acids is 4. The lowest BCUT2D eigenvalue weighted by atomic mass is 9.62. The monoisotopic (exact) mass is 496 g/mol. The summed E-state index contributed by atoms with van der Waals surface area (Å²) in [4.78, 5) is 55.3. The van der Waals surface area contributed by atoms with E-state index in [1.165, 1.54) is 4.90 Å². The zero-order valence-corrected chi connectivity index (χ0v) is 21.1. The lowest BCUT2D eigenvalue weighted by Crippen LogP contribution is -2.53. The van der Waals surface area contributed by atoms with Crippen LogP contribution in [0.25, 0.3) is 0 Å². The SMILES string of the molecule is CCCCOC(=O)C1=C(N)OC2=C(C(=O)CC(C)(C)C2)[C@@]12C(=O)N(CC(=O)OCC)c1ccccc12. The molecule has 1 aromatic rings. The van der Waals surface area contributed by atoms with Gasteiger partial charge in [0.25, 0.3) is 0 Å². The molecule has 1 atom stereocenters. The van der Waals surface area contributed by atoms with Gasteiger partial charge in [-0.15, -0.1) is 0 Å². The average Bonchev–Trinajstić information content (AvgIpc) is 3.01. The number of allylic oxidation sites excluding steroid dienone is 1. The van der Waals surface area contributed by atoms with Crippen molar-refractivity contribution in [2.24, 2.45) is 11.1 Å². The first kappa shape index (κ1) is 25.5. The third kappa shape index (κ3) is 3.96. The molecule has 0 radical (unpaired) electrons. The topological polar surface area (TPSA) is 125 Å². The minimum Gasteiger partial charge on any atom is -0.465 e. The number of carbonyl (C=O) groups is 4. The van der Waals surface area contributed by atoms with Crippen molar-refractivity contribution in [2.75, 3.05) is 24.7 Å². The smallest absolute Gasteiger partial charge is 0.341 e. The van der Waals surface area contributed by atoms with Crippen molar-refractivity contribution in [3.8, 4) is 0 Å². The Labute approximate surface area is 210 Å². The predicted molar refractivity (Wildman–Crippen MR) is 130 cm³/mol. The predicted octanol–water partition coefficient (Wildman–Crippen LogP) is 3.02. The van der Waals surface area contributed by atoms with Gasteiger partial charge in [0.1, 0.15) is 23.3 Å². The molecular formula is C27H32N2O7. The van der Waals surface area contributed by atoms with Crippen LogP contribution in [0.1, 0.15) is 58.9 Å². The van der Waals surface area contributed by atoms with E-state index in [1.807, 2.05) is 20.8 Å². The highest BCUT2D eigenvalue weighted by atomic mass is 16.5. The largest absolute Gasteiger partial charge is 0.465 e. The molecular weight excluding hydrogens is 464 g/mol. The first-order chi connectivity index (χ1) is 17.1. The maximum absolute atomic E-state index is 14.4. The number of esters is 2. The van der Waals surface area contributed by atoms with E-state index in [4.69, 9.17) is 19.9 Å². The standard InChI is InChI=1S/C27H32N2O7/c1-5-7-12-35-24(32)22-23(28)36-19-14-26(3,4)13-18(30)21(19)27(22)16-10-8-9-11-17(16)29(25(27)33)15-20(31)34-6-2/h8-11H,5-7,12-15,28H2,1-4H3/t27-/m1/s1. The van der Waals surface area contributed by atoms with Gasteiger partial charge >= 0.3 is 11.9 Å². The summed E-state index contributed by atoms with van der Waals surface area (Å²) in [6, 6.07) is 6.78. The quantitative estimate of drug-likeness (QED) is 0.451. The second-order valence-electron chi connectivity index (χ2n) is 10.0. The Morgan fingerprint density at radius 3 is 2.53 bits per heavy atom. The van der Waals surface area contributed by atoms with Crippen molar-refractivity contribution in [1.82, 2.24) is 0 Å². The van der Waals surface area contributed by atoms with Crippen molar-refractivity contribution < 1.29 is 33.4 Å². The number of amides is 1. The Morgan fingerprint density at radius 1 is 1.11 bits per heavy atom. The van der Waals surface area contributed by atoms with E-state index in [9.17, 15) is 19.2 Å². The van der Waals surface area contributed by atoms with E-state index >= 15 is 0 Å². The summed E-state index contributed by atoms with van der Waals surface area (Å²) in [7, 11) is 0. The van der Waals surface area contributed by atoms with Gasteiger partial charge in [0, 0.05) is 24.1 Å². The van der Waals surface area contributed by atoms with Gasteiger partial charge in [-0.2, -0.15) is 0 Å². The summed E-state index contributed by atoms with van der Waals surface area (Å²) in [5, 5.41) is 0. The van der Waals surface area contributed by atoms with Crippen LogP contribution >= 0.6 is 0 Å². The number of rotatable bonds is 7.